The predicted octanol–water partition coefficient (Wildman–Crippen LogP) is 15.1. The Morgan fingerprint density at radius 3 is 0.546 bits per heavy atom. The minimum Gasteiger partial charge on any atom is -0.737 e. The van der Waals surface area contributed by atoms with Crippen LogP contribution in [0.5, 0.6) is 0 Å². The molecule has 0 fully saturated rings. The molecular weight excluding hydrogens is 1460 g/mol. The molecule has 0 atom stereocenters. The van der Waals surface area contributed by atoms with Crippen molar-refractivity contribution in [2.45, 2.75) is 396 Å². The molecular formula is C62H152N26O18S2-2. The van der Waals surface area contributed by atoms with E-state index in [1.807, 2.05) is 249 Å². The SMILES string of the molecule is CC(C)N(C(C)C)/[N+]([O-])=N/[O-].CC(C)N(C(C)C)/[N+]([O-])=N/[O-].CC(C)N(N=O)C(C)C.CC(C)N(N=O)C(C)C.CC(C)N(NC(=O)NO)C(C)C.CC(C)N(NC(=O)NO)C(C)C.CC(C)N(NO)C(C)C.CC(C)N(NO)C(C)C.CC(C)SN=O.CC(C)SN=O.CC(C)[N+]([O-])=NO.CC(C)[N+]([O-])=NO. The van der Waals surface area contributed by atoms with Gasteiger partial charge < -0.3 is 52.1 Å². The second-order valence-corrected chi connectivity index (χ2v) is 30.8. The molecule has 0 heterocycles. The molecule has 12 N–H and O–H groups in total. The maximum absolute atomic E-state index is 10.8. The number of amides is 4. The number of nitrogens with one attached hydrogen (secondary N) is 6. The molecule has 0 aliphatic carbocycles. The fourth-order valence-corrected chi connectivity index (χ4v) is 8.01. The highest BCUT2D eigenvalue weighted by molar-refractivity contribution is 7.98. The van der Waals surface area contributed by atoms with Gasteiger partial charge in [0.05, 0.1) is 34.7 Å². The zero-order chi connectivity index (χ0) is 88.9. The van der Waals surface area contributed by atoms with Crippen molar-refractivity contribution in [2.24, 2.45) is 40.8 Å². The van der Waals surface area contributed by atoms with Gasteiger partial charge in [0.15, 0.2) is 22.6 Å². The van der Waals surface area contributed by atoms with Crippen LogP contribution in [0.3, 0.4) is 0 Å². The van der Waals surface area contributed by atoms with Crippen LogP contribution in [0.4, 0.5) is 9.59 Å². The molecule has 46 heteroatoms. The number of nitrogens with zero attached hydrogens (tertiary/aromatic N) is 20. The third-order valence-corrected chi connectivity index (χ3v) is 12.9. The van der Waals surface area contributed by atoms with Crippen LogP contribution >= 0.6 is 23.9 Å². The maximum Gasteiger partial charge on any atom is 0.353 e. The van der Waals surface area contributed by atoms with E-state index in [1.54, 1.807) is 47.7 Å². The summed E-state index contributed by atoms with van der Waals surface area (Å²) in [6, 6.07) is 1.13. The first-order valence-electron chi connectivity index (χ1n) is 35.6. The zero-order valence-electron chi connectivity index (χ0n) is 72.9. The molecule has 652 valence electrons. The lowest BCUT2D eigenvalue weighted by atomic mass is 10.3. The van der Waals surface area contributed by atoms with Gasteiger partial charge in [-0.05, 0) is 232 Å². The van der Waals surface area contributed by atoms with Crippen LogP contribution in [0, 0.1) is 50.9 Å². The van der Waals surface area contributed by atoms with Crippen LogP contribution < -0.4 is 33.0 Å². The predicted molar refractivity (Wildman–Crippen MR) is 427 cm³/mol. The number of carbonyl (C=O) groups is 2. The number of rotatable bonds is 30. The number of nitroso groups, excluding NO2 is 4. The third-order valence-electron chi connectivity index (χ3n) is 11.9. The largest absolute Gasteiger partial charge is 0.737 e. The van der Waals surface area contributed by atoms with Gasteiger partial charge in [-0.1, -0.05) is 37.4 Å². The van der Waals surface area contributed by atoms with Crippen molar-refractivity contribution in [2.75, 3.05) is 0 Å². The molecule has 0 aromatic carbocycles. The Balaban J connectivity index is -0.0000000936. The molecule has 0 saturated heterocycles. The summed E-state index contributed by atoms with van der Waals surface area (Å²) in [4.78, 5) is 60.8. The fourth-order valence-electron chi connectivity index (χ4n) is 7.66. The molecule has 0 spiro atoms. The topological polar surface area (TPSA) is 571 Å². The number of hydrogen-bond acceptors (Lipinski definition) is 32. The van der Waals surface area contributed by atoms with Crippen LogP contribution in [-0.4, -0.2) is 222 Å². The molecule has 0 aromatic heterocycles. The number of hydrazine groups is 6. The van der Waals surface area contributed by atoms with E-state index < -0.39 is 12.1 Å². The van der Waals surface area contributed by atoms with E-state index >= 15 is 0 Å². The lowest BCUT2D eigenvalue weighted by Crippen LogP contribution is -2.52. The number of urea groups is 2. The van der Waals surface area contributed by atoms with Gasteiger partial charge >= 0.3 is 12.1 Å². The van der Waals surface area contributed by atoms with E-state index in [2.05, 4.69) is 62.9 Å². The summed E-state index contributed by atoms with van der Waals surface area (Å²) in [5.74, 6) is 0. The lowest BCUT2D eigenvalue weighted by Gasteiger charge is -2.30. The van der Waals surface area contributed by atoms with Gasteiger partial charge in [0.2, 0.25) is 0 Å². The Labute approximate surface area is 654 Å². The summed E-state index contributed by atoms with van der Waals surface area (Å²) in [5, 5.41) is 139. The maximum atomic E-state index is 10.8. The van der Waals surface area contributed by atoms with Crippen LogP contribution in [0.15, 0.2) is 40.8 Å². The van der Waals surface area contributed by atoms with Crippen molar-refractivity contribution in [3.8, 4) is 0 Å². The Bertz CT molecular complexity index is 2000. The monoisotopic (exact) mass is 1610 g/mol. The van der Waals surface area contributed by atoms with E-state index in [9.17, 15) is 60.5 Å². The van der Waals surface area contributed by atoms with Crippen LogP contribution in [0.1, 0.15) is 277 Å². The molecule has 0 saturated carbocycles. The molecule has 0 radical (unpaired) electrons. The van der Waals surface area contributed by atoms with Crippen LogP contribution in [0.25, 0.3) is 0 Å². The number of hydroxylamine groups is 4. The highest BCUT2D eigenvalue weighted by atomic mass is 32.2. The summed E-state index contributed by atoms with van der Waals surface area (Å²) in [5.41, 5.74) is 12.3. The lowest BCUT2D eigenvalue weighted by molar-refractivity contribution is -0.704. The normalized spacial score (nSPS) is 11.4. The Kier molecular flexibility index (Phi) is 94.4. The summed E-state index contributed by atoms with van der Waals surface area (Å²) >= 11 is 2.11. The second-order valence-electron chi connectivity index (χ2n) is 28.2. The van der Waals surface area contributed by atoms with Gasteiger partial charge in [-0.2, -0.15) is 0 Å². The summed E-state index contributed by atoms with van der Waals surface area (Å²) < 4.78 is 5.20. The molecule has 0 bridgehead atoms. The van der Waals surface area contributed by atoms with Gasteiger partial charge in [-0.25, -0.2) is 40.6 Å². The minimum atomic E-state index is -0.614. The average Bonchev–Trinajstić information content (AvgIpc) is 0.908. The highest BCUT2D eigenvalue weighted by Crippen LogP contribution is 2.11. The zero-order valence-corrected chi connectivity index (χ0v) is 74.5. The molecule has 0 aromatic rings. The Morgan fingerprint density at radius 1 is 0.324 bits per heavy atom. The molecule has 0 unspecified atom stereocenters. The third kappa shape index (κ3) is 83.3. The summed E-state index contributed by atoms with van der Waals surface area (Å²) in [6.45, 7) is 76.2. The fraction of sp³-hybridized carbons (Fsp3) is 0.968. The Morgan fingerprint density at radius 2 is 0.509 bits per heavy atom. The molecule has 44 nitrogen and oxygen atoms in total. The number of carbonyl (C=O) groups excluding carboxylic acids is 2. The van der Waals surface area contributed by atoms with Crippen molar-refractivity contribution in [1.82, 2.24) is 73.1 Å². The van der Waals surface area contributed by atoms with E-state index in [0.717, 1.165) is 23.9 Å². The molecule has 0 aliphatic heterocycles. The summed E-state index contributed by atoms with van der Waals surface area (Å²) in [7, 11) is 0. The van der Waals surface area contributed by atoms with Crippen LogP contribution in [-0.2, 0) is 0 Å². The minimum absolute atomic E-state index is 0.00907. The van der Waals surface area contributed by atoms with Crippen molar-refractivity contribution in [3.05, 3.63) is 50.9 Å². The Hall–Kier alpha value is -6.76. The van der Waals surface area contributed by atoms with Crippen molar-refractivity contribution >= 4 is 36.0 Å². The highest BCUT2D eigenvalue weighted by Gasteiger charge is 2.22. The molecule has 0 aliphatic rings. The van der Waals surface area contributed by atoms with E-state index in [-0.39, 0.29) is 104 Å². The smallest absolute Gasteiger partial charge is 0.353 e. The van der Waals surface area contributed by atoms with E-state index in [1.165, 1.54) is 31.0 Å². The molecule has 108 heavy (non-hydrogen) atoms. The second kappa shape index (κ2) is 79.8. The van der Waals surface area contributed by atoms with Gasteiger partial charge in [0.25, 0.3) is 0 Å². The van der Waals surface area contributed by atoms with Crippen molar-refractivity contribution < 1.29 is 60.5 Å². The van der Waals surface area contributed by atoms with Gasteiger partial charge in [-0.3, -0.25) is 31.3 Å². The standard InChI is InChI=1S/2C7H17N3O2.2C6H15N3O2.2C6H16N2O.2C6H14N2O.2C3H8N2O2.2C3H7NOS/c2*1-5(2)10(6(3)4)8-7(11)9-12;2*1-5(2)8(6(3)4)9(11)7-10;4*1-5(2)8(7-9)6(3)4;2*1-3(2)5(7)4-6;2*1-3(2)6-4-5/h2*5-6,12H,1-4H3,(H2,8,9,11);2*5-6,10H,1-4H3;2*5-7,9H,1-4H3;2*5-6H,1-4H3;2*3,6H,1-2H3;2*3H,1-2H3/p-2/b;;2*9-7-;;;;;;;;. The first-order valence-corrected chi connectivity index (χ1v) is 37.3. The van der Waals surface area contributed by atoms with E-state index in [4.69, 9.17) is 31.2 Å². The number of hydrogen-bond donors (Lipinski definition) is 12. The van der Waals surface area contributed by atoms with Gasteiger partial charge in [0.1, 0.15) is 0 Å². The van der Waals surface area contributed by atoms with E-state index in [0.29, 0.717) is 34.7 Å². The first kappa shape index (κ1) is 128. The van der Waals surface area contributed by atoms with Crippen LogP contribution in [0.2, 0.25) is 0 Å². The summed E-state index contributed by atoms with van der Waals surface area (Å²) in [6.07, 6.45) is 0. The van der Waals surface area contributed by atoms with Crippen molar-refractivity contribution in [3.63, 3.8) is 0 Å². The average molecular weight is 1610 g/mol. The van der Waals surface area contributed by atoms with Gasteiger partial charge in [-0.15, -0.1) is 40.8 Å². The quantitative estimate of drug-likeness (QED) is 0.00793. The molecule has 4 amide bonds. The molecule has 0 rings (SSSR count). The van der Waals surface area contributed by atoms with Crippen molar-refractivity contribution in [1.29, 1.82) is 0 Å². The first-order chi connectivity index (χ1) is 49.2. The van der Waals surface area contributed by atoms with Gasteiger partial charge in [0, 0.05) is 154 Å².